The van der Waals surface area contributed by atoms with Crippen molar-refractivity contribution in [2.24, 2.45) is 4.99 Å². The SMILES string of the molecule is CCOc1cc(C#CC(OCC)OCC)ccc1C1COC(c2c(F)cccc2F)=N1. The zero-order valence-corrected chi connectivity index (χ0v) is 17.8. The number of aliphatic imine (C=N–C) groups is 1. The zero-order valence-electron chi connectivity index (χ0n) is 17.8. The third-order valence-electron chi connectivity index (χ3n) is 4.47. The fraction of sp³-hybridized carbons (Fsp3) is 0.375. The predicted molar refractivity (Wildman–Crippen MR) is 113 cm³/mol. The molecule has 0 spiro atoms. The van der Waals surface area contributed by atoms with Crippen LogP contribution in [0.15, 0.2) is 41.4 Å². The largest absolute Gasteiger partial charge is 0.493 e. The van der Waals surface area contributed by atoms with Gasteiger partial charge in [-0.2, -0.15) is 0 Å². The molecule has 0 aliphatic carbocycles. The second-order valence-corrected chi connectivity index (χ2v) is 6.56. The van der Waals surface area contributed by atoms with Crippen molar-refractivity contribution in [2.75, 3.05) is 26.4 Å². The summed E-state index contributed by atoms with van der Waals surface area (Å²) in [6.45, 7) is 7.21. The third-order valence-corrected chi connectivity index (χ3v) is 4.47. The molecule has 0 radical (unpaired) electrons. The number of hydrogen-bond acceptors (Lipinski definition) is 5. The van der Waals surface area contributed by atoms with Crippen molar-refractivity contribution < 1.29 is 27.7 Å². The van der Waals surface area contributed by atoms with Crippen molar-refractivity contribution in [1.29, 1.82) is 0 Å². The Balaban J connectivity index is 1.88. The first-order chi connectivity index (χ1) is 15.1. The Kier molecular flexibility index (Phi) is 7.99. The molecule has 1 unspecified atom stereocenters. The third kappa shape index (κ3) is 5.60. The van der Waals surface area contributed by atoms with E-state index in [1.54, 1.807) is 6.07 Å². The fourth-order valence-corrected chi connectivity index (χ4v) is 3.12. The molecule has 2 aromatic carbocycles. The van der Waals surface area contributed by atoms with Crippen LogP contribution in [0.5, 0.6) is 5.75 Å². The van der Waals surface area contributed by atoms with Gasteiger partial charge in [-0.05, 0) is 51.0 Å². The second-order valence-electron chi connectivity index (χ2n) is 6.56. The molecule has 7 heteroatoms. The van der Waals surface area contributed by atoms with Crippen LogP contribution in [0.4, 0.5) is 8.78 Å². The average Bonchev–Trinajstić information content (AvgIpc) is 3.22. The lowest BCUT2D eigenvalue weighted by Gasteiger charge is -2.13. The first-order valence-corrected chi connectivity index (χ1v) is 10.2. The average molecular weight is 429 g/mol. The molecule has 0 fully saturated rings. The van der Waals surface area contributed by atoms with Crippen LogP contribution < -0.4 is 4.74 Å². The van der Waals surface area contributed by atoms with E-state index in [0.29, 0.717) is 25.6 Å². The molecule has 164 valence electrons. The van der Waals surface area contributed by atoms with Gasteiger partial charge in [0.2, 0.25) is 12.2 Å². The molecule has 3 rings (SSSR count). The smallest absolute Gasteiger partial charge is 0.222 e. The Bertz CT molecular complexity index is 971. The van der Waals surface area contributed by atoms with E-state index in [2.05, 4.69) is 16.8 Å². The Morgan fingerprint density at radius 2 is 1.77 bits per heavy atom. The maximum Gasteiger partial charge on any atom is 0.222 e. The fourth-order valence-electron chi connectivity index (χ4n) is 3.12. The summed E-state index contributed by atoms with van der Waals surface area (Å²) in [5, 5.41) is 0. The Morgan fingerprint density at radius 3 is 2.42 bits per heavy atom. The van der Waals surface area contributed by atoms with E-state index in [1.807, 2.05) is 32.9 Å². The summed E-state index contributed by atoms with van der Waals surface area (Å²) in [6, 6.07) is 8.68. The molecule has 0 amide bonds. The number of benzene rings is 2. The topological polar surface area (TPSA) is 49.3 Å². The van der Waals surface area contributed by atoms with Crippen LogP contribution in [0.2, 0.25) is 0 Å². The van der Waals surface area contributed by atoms with Crippen molar-refractivity contribution in [3.63, 3.8) is 0 Å². The van der Waals surface area contributed by atoms with E-state index in [0.717, 1.165) is 11.1 Å². The number of ether oxygens (including phenoxy) is 4. The number of hydrogen-bond donors (Lipinski definition) is 0. The molecule has 31 heavy (non-hydrogen) atoms. The van der Waals surface area contributed by atoms with Crippen LogP contribution in [0.1, 0.15) is 43.5 Å². The summed E-state index contributed by atoms with van der Waals surface area (Å²) < 4.78 is 50.3. The number of halogens is 2. The highest BCUT2D eigenvalue weighted by molar-refractivity contribution is 5.95. The summed E-state index contributed by atoms with van der Waals surface area (Å²) in [5.41, 5.74) is 1.22. The lowest BCUT2D eigenvalue weighted by Crippen LogP contribution is -2.14. The van der Waals surface area contributed by atoms with E-state index < -0.39 is 24.0 Å². The van der Waals surface area contributed by atoms with Gasteiger partial charge in [0.15, 0.2) is 0 Å². The van der Waals surface area contributed by atoms with Crippen LogP contribution >= 0.6 is 0 Å². The summed E-state index contributed by atoms with van der Waals surface area (Å²) in [6.07, 6.45) is -0.601. The maximum atomic E-state index is 14.1. The molecule has 1 heterocycles. The quantitative estimate of drug-likeness (QED) is 0.453. The van der Waals surface area contributed by atoms with Gasteiger partial charge in [-0.25, -0.2) is 13.8 Å². The lowest BCUT2D eigenvalue weighted by molar-refractivity contribution is -0.0969. The summed E-state index contributed by atoms with van der Waals surface area (Å²) in [5.74, 6) is 5.09. The van der Waals surface area contributed by atoms with E-state index in [9.17, 15) is 8.78 Å². The van der Waals surface area contributed by atoms with Crippen LogP contribution in [-0.4, -0.2) is 38.6 Å². The predicted octanol–water partition coefficient (Wildman–Crippen LogP) is 4.63. The molecule has 0 aromatic heterocycles. The van der Waals surface area contributed by atoms with Gasteiger partial charge in [0.1, 0.15) is 35.6 Å². The molecular formula is C24H25F2NO4. The molecule has 1 aliphatic heterocycles. The summed E-state index contributed by atoms with van der Waals surface area (Å²) in [7, 11) is 0. The van der Waals surface area contributed by atoms with Crippen LogP contribution in [0.3, 0.4) is 0 Å². The van der Waals surface area contributed by atoms with Gasteiger partial charge in [-0.3, -0.25) is 0 Å². The molecule has 5 nitrogen and oxygen atoms in total. The van der Waals surface area contributed by atoms with E-state index in [4.69, 9.17) is 18.9 Å². The molecule has 0 bridgehead atoms. The first kappa shape index (κ1) is 22.7. The highest BCUT2D eigenvalue weighted by Gasteiger charge is 2.28. The van der Waals surface area contributed by atoms with E-state index >= 15 is 0 Å². The Labute approximate surface area is 181 Å². The van der Waals surface area contributed by atoms with Gasteiger partial charge in [0.25, 0.3) is 0 Å². The molecule has 0 saturated heterocycles. The standard InChI is InChI=1S/C24H25F2NO4/c1-4-28-21-14-16(11-13-22(29-5-2)30-6-3)10-12-17(21)20-15-31-24(27-20)23-18(25)8-7-9-19(23)26/h7-10,12,14,20,22H,4-6,15H2,1-3H3. The highest BCUT2D eigenvalue weighted by Crippen LogP contribution is 2.33. The molecule has 1 aliphatic rings. The van der Waals surface area contributed by atoms with Crippen molar-refractivity contribution in [3.05, 3.63) is 64.7 Å². The number of rotatable bonds is 8. The van der Waals surface area contributed by atoms with Gasteiger partial charge < -0.3 is 18.9 Å². The van der Waals surface area contributed by atoms with E-state index in [1.165, 1.54) is 18.2 Å². The molecule has 0 saturated carbocycles. The lowest BCUT2D eigenvalue weighted by atomic mass is 10.0. The van der Waals surface area contributed by atoms with Gasteiger partial charge in [0.05, 0.1) is 6.61 Å². The van der Waals surface area contributed by atoms with Gasteiger partial charge in [0, 0.05) is 24.3 Å². The minimum atomic E-state index is -0.715. The summed E-state index contributed by atoms with van der Waals surface area (Å²) >= 11 is 0. The van der Waals surface area contributed by atoms with Crippen LogP contribution in [0.25, 0.3) is 0 Å². The first-order valence-electron chi connectivity index (χ1n) is 10.2. The van der Waals surface area contributed by atoms with E-state index in [-0.39, 0.29) is 18.1 Å². The highest BCUT2D eigenvalue weighted by atomic mass is 19.1. The van der Waals surface area contributed by atoms with Crippen LogP contribution in [-0.2, 0) is 14.2 Å². The molecule has 2 aromatic rings. The van der Waals surface area contributed by atoms with Gasteiger partial charge in [-0.15, -0.1) is 0 Å². The Hall–Kier alpha value is -2.95. The van der Waals surface area contributed by atoms with Crippen molar-refractivity contribution >= 4 is 5.90 Å². The minimum Gasteiger partial charge on any atom is -0.493 e. The van der Waals surface area contributed by atoms with Gasteiger partial charge >= 0.3 is 0 Å². The van der Waals surface area contributed by atoms with Crippen molar-refractivity contribution in [2.45, 2.75) is 33.1 Å². The van der Waals surface area contributed by atoms with Gasteiger partial charge in [-0.1, -0.05) is 18.1 Å². The Morgan fingerprint density at radius 1 is 1.06 bits per heavy atom. The molecular weight excluding hydrogens is 404 g/mol. The minimum absolute atomic E-state index is 0.0526. The second kappa shape index (κ2) is 10.9. The van der Waals surface area contributed by atoms with Crippen molar-refractivity contribution in [1.82, 2.24) is 0 Å². The monoisotopic (exact) mass is 429 g/mol. The summed E-state index contributed by atoms with van der Waals surface area (Å²) in [4.78, 5) is 4.40. The number of nitrogens with zero attached hydrogens (tertiary/aromatic N) is 1. The zero-order chi connectivity index (χ0) is 22.2. The molecule has 0 N–H and O–H groups in total. The normalized spacial score (nSPS) is 15.3. The van der Waals surface area contributed by atoms with Crippen LogP contribution in [0, 0.1) is 23.5 Å². The maximum absolute atomic E-state index is 14.1. The van der Waals surface area contributed by atoms with Crippen molar-refractivity contribution in [3.8, 4) is 17.6 Å². The molecule has 1 atom stereocenters.